The van der Waals surface area contributed by atoms with Gasteiger partial charge in [0, 0.05) is 38.0 Å². The topological polar surface area (TPSA) is 78.2 Å². The number of halogens is 1. The van der Waals surface area contributed by atoms with Gasteiger partial charge in [0.15, 0.2) is 5.78 Å². The highest BCUT2D eigenvalue weighted by Gasteiger charge is 2.13. The van der Waals surface area contributed by atoms with E-state index in [1.807, 2.05) is 30.3 Å². The number of hydrogen-bond donors (Lipinski definition) is 0. The van der Waals surface area contributed by atoms with Crippen LogP contribution in [0, 0.1) is 0 Å². The van der Waals surface area contributed by atoms with Crippen LogP contribution in [0.15, 0.2) is 87.4 Å². The highest BCUT2D eigenvalue weighted by Crippen LogP contribution is 2.27. The quantitative estimate of drug-likeness (QED) is 0.160. The van der Waals surface area contributed by atoms with E-state index in [4.69, 9.17) is 5.53 Å². The molecule has 3 aromatic rings. The molecule has 0 amide bonds. The van der Waals surface area contributed by atoms with Gasteiger partial charge in [0.2, 0.25) is 0 Å². The zero-order chi connectivity index (χ0) is 18.4. The number of rotatable bonds is 5. The molecule has 0 radical (unpaired) electrons. The van der Waals surface area contributed by atoms with Crippen molar-refractivity contribution in [1.29, 1.82) is 0 Å². The second-order valence-electron chi connectivity index (χ2n) is 5.36. The molecule has 126 valence electrons. The van der Waals surface area contributed by atoms with Gasteiger partial charge in [-0.2, -0.15) is 0 Å². The van der Waals surface area contributed by atoms with Crippen LogP contribution >= 0.6 is 15.9 Å². The van der Waals surface area contributed by atoms with Crippen molar-refractivity contribution in [2.24, 2.45) is 10.1 Å². The third kappa shape index (κ3) is 4.06. The van der Waals surface area contributed by atoms with Crippen molar-refractivity contribution in [1.82, 2.24) is 0 Å². The van der Waals surface area contributed by atoms with E-state index in [-0.39, 0.29) is 5.78 Å². The van der Waals surface area contributed by atoms with Gasteiger partial charge in [-0.05, 0) is 23.7 Å². The first-order valence-electron chi connectivity index (χ1n) is 7.76. The molecule has 3 aromatic carbocycles. The van der Waals surface area contributed by atoms with E-state index in [9.17, 15) is 4.79 Å². The van der Waals surface area contributed by atoms with Gasteiger partial charge in [-0.25, -0.2) is 0 Å². The van der Waals surface area contributed by atoms with Gasteiger partial charge in [-0.3, -0.25) is 9.79 Å². The van der Waals surface area contributed by atoms with Gasteiger partial charge >= 0.3 is 0 Å². The molecule has 0 atom stereocenters. The molecule has 0 saturated carbocycles. The van der Waals surface area contributed by atoms with Gasteiger partial charge in [-0.15, -0.1) is 0 Å². The van der Waals surface area contributed by atoms with Gasteiger partial charge < -0.3 is 0 Å². The molecule has 0 unspecified atom stereocenters. The Kier molecular flexibility index (Phi) is 5.59. The van der Waals surface area contributed by atoms with E-state index in [1.54, 1.807) is 48.7 Å². The molecular weight excluding hydrogens is 392 g/mol. The molecule has 0 spiro atoms. The van der Waals surface area contributed by atoms with Crippen molar-refractivity contribution in [3.63, 3.8) is 0 Å². The van der Waals surface area contributed by atoms with Gasteiger partial charge in [0.25, 0.3) is 0 Å². The van der Waals surface area contributed by atoms with Crippen molar-refractivity contribution in [3.05, 3.63) is 104 Å². The monoisotopic (exact) mass is 404 g/mol. The second-order valence-corrected chi connectivity index (χ2v) is 6.28. The smallest absolute Gasteiger partial charge is 0.195 e. The Morgan fingerprint density at radius 1 is 0.962 bits per heavy atom. The summed E-state index contributed by atoms with van der Waals surface area (Å²) in [6.07, 6.45) is 1.59. The van der Waals surface area contributed by atoms with Crippen molar-refractivity contribution in [2.75, 3.05) is 0 Å². The number of aliphatic imine (C=N–C) groups is 1. The first-order valence-corrected chi connectivity index (χ1v) is 8.56. The predicted octanol–water partition coefficient (Wildman–Crippen LogP) is 6.37. The van der Waals surface area contributed by atoms with Gasteiger partial charge in [0.1, 0.15) is 0 Å². The maximum absolute atomic E-state index is 12.8. The summed E-state index contributed by atoms with van der Waals surface area (Å²) in [7, 11) is 0. The van der Waals surface area contributed by atoms with Crippen LogP contribution in [-0.4, -0.2) is 12.0 Å². The van der Waals surface area contributed by atoms with E-state index in [2.05, 4.69) is 30.9 Å². The van der Waals surface area contributed by atoms with Gasteiger partial charge in [-0.1, -0.05) is 75.6 Å². The summed E-state index contributed by atoms with van der Waals surface area (Å²) in [5, 5.41) is 3.65. The van der Waals surface area contributed by atoms with Crippen LogP contribution in [0.25, 0.3) is 10.4 Å². The fourth-order valence-electron chi connectivity index (χ4n) is 2.42. The van der Waals surface area contributed by atoms with E-state index in [1.165, 1.54) is 0 Å². The fourth-order valence-corrected chi connectivity index (χ4v) is 2.78. The lowest BCUT2D eigenvalue weighted by Gasteiger charge is -2.06. The maximum Gasteiger partial charge on any atom is 0.195 e. The van der Waals surface area contributed by atoms with Crippen LogP contribution in [0.5, 0.6) is 0 Å². The summed E-state index contributed by atoms with van der Waals surface area (Å²) in [4.78, 5) is 20.1. The molecule has 0 heterocycles. The van der Waals surface area contributed by atoms with Crippen LogP contribution in [0.2, 0.25) is 0 Å². The number of hydrogen-bond acceptors (Lipinski definition) is 3. The lowest BCUT2D eigenvalue weighted by molar-refractivity contribution is 0.103. The summed E-state index contributed by atoms with van der Waals surface area (Å²) in [5.74, 6) is -0.109. The van der Waals surface area contributed by atoms with Crippen LogP contribution in [-0.2, 0) is 0 Å². The molecule has 0 saturated heterocycles. The minimum absolute atomic E-state index is 0.109. The minimum Gasteiger partial charge on any atom is -0.289 e. The SMILES string of the molecule is [N-]=[N+]=Nc1ccccc1C=Nc1ccc(Br)cc1C(=O)c1ccccc1. The van der Waals surface area contributed by atoms with Crippen molar-refractivity contribution < 1.29 is 4.79 Å². The summed E-state index contributed by atoms with van der Waals surface area (Å²) < 4.78 is 0.796. The lowest BCUT2D eigenvalue weighted by atomic mass is 10.0. The first-order chi connectivity index (χ1) is 12.7. The van der Waals surface area contributed by atoms with Crippen molar-refractivity contribution in [2.45, 2.75) is 0 Å². The summed E-state index contributed by atoms with van der Waals surface area (Å²) in [5.41, 5.74) is 11.4. The normalized spacial score (nSPS) is 10.5. The Balaban J connectivity index is 2.02. The largest absolute Gasteiger partial charge is 0.289 e. The average Bonchev–Trinajstić information content (AvgIpc) is 2.68. The number of carbonyl (C=O) groups excluding carboxylic acids is 1. The van der Waals surface area contributed by atoms with Crippen molar-refractivity contribution in [3.8, 4) is 0 Å². The lowest BCUT2D eigenvalue weighted by Crippen LogP contribution is -2.01. The Morgan fingerprint density at radius 3 is 2.46 bits per heavy atom. The number of azide groups is 1. The highest BCUT2D eigenvalue weighted by atomic mass is 79.9. The standard InChI is InChI=1S/C20H13BrN4O/c21-16-10-11-19(17(12-16)20(26)14-6-2-1-3-7-14)23-13-15-8-4-5-9-18(15)24-25-22/h1-13H. The average molecular weight is 405 g/mol. The zero-order valence-corrected chi connectivity index (χ0v) is 15.2. The van der Waals surface area contributed by atoms with Crippen LogP contribution in [0.4, 0.5) is 11.4 Å². The van der Waals surface area contributed by atoms with E-state index in [0.717, 1.165) is 4.47 Å². The Morgan fingerprint density at radius 2 is 1.69 bits per heavy atom. The Labute approximate surface area is 158 Å². The Hall–Kier alpha value is -3.21. The molecule has 0 aliphatic heterocycles. The van der Waals surface area contributed by atoms with E-state index >= 15 is 0 Å². The molecule has 5 nitrogen and oxygen atoms in total. The molecule has 0 bridgehead atoms. The van der Waals surface area contributed by atoms with Crippen molar-refractivity contribution >= 4 is 39.3 Å². The molecule has 0 aliphatic rings. The third-order valence-electron chi connectivity index (χ3n) is 3.67. The van der Waals surface area contributed by atoms with Crippen LogP contribution in [0.3, 0.4) is 0 Å². The highest BCUT2D eigenvalue weighted by molar-refractivity contribution is 9.10. The summed E-state index contributed by atoms with van der Waals surface area (Å²) >= 11 is 3.41. The maximum atomic E-state index is 12.8. The number of benzene rings is 3. The third-order valence-corrected chi connectivity index (χ3v) is 4.16. The summed E-state index contributed by atoms with van der Waals surface area (Å²) in [6.45, 7) is 0. The van der Waals surface area contributed by atoms with E-state index in [0.29, 0.717) is 28.1 Å². The molecular formula is C20H13BrN4O. The van der Waals surface area contributed by atoms with Crippen LogP contribution < -0.4 is 0 Å². The minimum atomic E-state index is -0.109. The summed E-state index contributed by atoms with van der Waals surface area (Å²) in [6, 6.07) is 21.5. The molecule has 0 N–H and O–H groups in total. The Bertz CT molecular complexity index is 1020. The molecule has 26 heavy (non-hydrogen) atoms. The van der Waals surface area contributed by atoms with E-state index < -0.39 is 0 Å². The molecule has 0 aromatic heterocycles. The fraction of sp³-hybridized carbons (Fsp3) is 0. The van der Waals surface area contributed by atoms with Gasteiger partial charge in [0.05, 0.1) is 5.69 Å². The second kappa shape index (κ2) is 8.25. The number of carbonyl (C=O) groups is 1. The predicted molar refractivity (Wildman–Crippen MR) is 107 cm³/mol. The number of ketones is 1. The molecule has 0 fully saturated rings. The molecule has 3 rings (SSSR count). The van der Waals surface area contributed by atoms with Crippen LogP contribution in [0.1, 0.15) is 21.5 Å². The molecule has 0 aliphatic carbocycles. The zero-order valence-electron chi connectivity index (χ0n) is 13.6. The number of nitrogens with zero attached hydrogens (tertiary/aromatic N) is 4. The first kappa shape index (κ1) is 17.6. The molecule has 6 heteroatoms.